The second-order valence-corrected chi connectivity index (χ2v) is 4.91. The standard InChI is InChI=1S/C13H12Cl2N2O3/c1-7-4-9(20-12(7)13(18)17-16)6-19-11-3-2-8(14)5-10(11)15/h2-5H,6,16H2,1H3,(H,17,18). The van der Waals surface area contributed by atoms with Gasteiger partial charge in [-0.2, -0.15) is 0 Å². The number of nitrogens with two attached hydrogens (primary N) is 1. The summed E-state index contributed by atoms with van der Waals surface area (Å²) < 4.78 is 10.9. The lowest BCUT2D eigenvalue weighted by molar-refractivity contribution is 0.0921. The lowest BCUT2D eigenvalue weighted by atomic mass is 10.2. The number of aryl methyl sites for hydroxylation is 1. The minimum atomic E-state index is -0.488. The number of carbonyl (C=O) groups is 1. The van der Waals surface area contributed by atoms with E-state index in [4.69, 9.17) is 38.2 Å². The molecule has 0 aliphatic carbocycles. The van der Waals surface area contributed by atoms with Crippen LogP contribution in [-0.4, -0.2) is 5.91 Å². The average molecular weight is 315 g/mol. The summed E-state index contributed by atoms with van der Waals surface area (Å²) in [5.74, 6) is 5.71. The van der Waals surface area contributed by atoms with Gasteiger partial charge in [0.25, 0.3) is 0 Å². The average Bonchev–Trinajstić information content (AvgIpc) is 2.78. The number of hydrogen-bond donors (Lipinski definition) is 2. The molecule has 1 heterocycles. The molecule has 0 saturated carbocycles. The Morgan fingerprint density at radius 1 is 1.40 bits per heavy atom. The Labute approximate surface area is 125 Å². The summed E-state index contributed by atoms with van der Waals surface area (Å²) in [6.07, 6.45) is 0. The third kappa shape index (κ3) is 3.25. The van der Waals surface area contributed by atoms with E-state index < -0.39 is 5.91 Å². The Balaban J connectivity index is 2.09. The maximum Gasteiger partial charge on any atom is 0.301 e. The Morgan fingerprint density at radius 2 is 2.15 bits per heavy atom. The molecule has 0 fully saturated rings. The normalized spacial score (nSPS) is 10.4. The van der Waals surface area contributed by atoms with Crippen LogP contribution >= 0.6 is 23.2 Å². The fourth-order valence-electron chi connectivity index (χ4n) is 1.65. The van der Waals surface area contributed by atoms with Crippen LogP contribution in [0.3, 0.4) is 0 Å². The first-order chi connectivity index (χ1) is 9.51. The number of amides is 1. The smallest absolute Gasteiger partial charge is 0.301 e. The molecule has 0 aliphatic heterocycles. The van der Waals surface area contributed by atoms with Gasteiger partial charge < -0.3 is 9.15 Å². The van der Waals surface area contributed by atoms with Crippen molar-refractivity contribution < 1.29 is 13.9 Å². The zero-order valence-corrected chi connectivity index (χ0v) is 12.1. The van der Waals surface area contributed by atoms with Gasteiger partial charge in [-0.25, -0.2) is 5.84 Å². The number of hydrogen-bond acceptors (Lipinski definition) is 4. The Kier molecular flexibility index (Phi) is 4.54. The molecule has 1 amide bonds. The molecule has 0 saturated heterocycles. The molecular formula is C13H12Cl2N2O3. The highest BCUT2D eigenvalue weighted by Gasteiger charge is 2.15. The van der Waals surface area contributed by atoms with Crippen LogP contribution in [0.2, 0.25) is 10.0 Å². The second-order valence-electron chi connectivity index (χ2n) is 4.06. The van der Waals surface area contributed by atoms with Gasteiger partial charge in [0, 0.05) is 10.6 Å². The predicted octanol–water partition coefficient (Wildman–Crippen LogP) is 3.08. The summed E-state index contributed by atoms with van der Waals surface area (Å²) >= 11 is 11.8. The lowest BCUT2D eigenvalue weighted by Crippen LogP contribution is -2.30. The van der Waals surface area contributed by atoms with Crippen LogP contribution in [0.15, 0.2) is 28.7 Å². The molecule has 0 bridgehead atoms. The van der Waals surface area contributed by atoms with E-state index >= 15 is 0 Å². The Morgan fingerprint density at radius 3 is 2.80 bits per heavy atom. The largest absolute Gasteiger partial charge is 0.484 e. The SMILES string of the molecule is Cc1cc(COc2ccc(Cl)cc2Cl)oc1C(=O)NN. The fourth-order valence-corrected chi connectivity index (χ4v) is 2.11. The van der Waals surface area contributed by atoms with Crippen molar-refractivity contribution >= 4 is 29.1 Å². The molecule has 5 nitrogen and oxygen atoms in total. The third-order valence-corrected chi connectivity index (χ3v) is 3.10. The van der Waals surface area contributed by atoms with E-state index in [1.165, 1.54) is 0 Å². The summed E-state index contributed by atoms with van der Waals surface area (Å²) in [6, 6.07) is 6.62. The van der Waals surface area contributed by atoms with Crippen LogP contribution in [-0.2, 0) is 6.61 Å². The lowest BCUT2D eigenvalue weighted by Gasteiger charge is -2.06. The van der Waals surface area contributed by atoms with Crippen molar-refractivity contribution in [2.75, 3.05) is 0 Å². The van der Waals surface area contributed by atoms with Gasteiger partial charge in [-0.1, -0.05) is 23.2 Å². The van der Waals surface area contributed by atoms with E-state index in [2.05, 4.69) is 0 Å². The third-order valence-electron chi connectivity index (χ3n) is 2.57. The summed E-state index contributed by atoms with van der Waals surface area (Å²) in [5.41, 5.74) is 2.69. The van der Waals surface area contributed by atoms with Crippen molar-refractivity contribution in [1.29, 1.82) is 0 Å². The fraction of sp³-hybridized carbons (Fsp3) is 0.154. The van der Waals surface area contributed by atoms with Crippen LogP contribution in [0.1, 0.15) is 21.9 Å². The van der Waals surface area contributed by atoms with Crippen molar-refractivity contribution in [2.24, 2.45) is 5.84 Å². The zero-order chi connectivity index (χ0) is 14.7. The van der Waals surface area contributed by atoms with E-state index in [9.17, 15) is 4.79 Å². The second kappa shape index (κ2) is 6.17. The van der Waals surface area contributed by atoms with E-state index in [-0.39, 0.29) is 12.4 Å². The van der Waals surface area contributed by atoms with Gasteiger partial charge in [0.15, 0.2) is 5.76 Å². The minimum absolute atomic E-state index is 0.139. The number of nitrogens with one attached hydrogen (secondary N) is 1. The number of ether oxygens (including phenoxy) is 1. The summed E-state index contributed by atoms with van der Waals surface area (Å²) in [7, 11) is 0. The molecule has 3 N–H and O–H groups in total. The molecule has 0 aliphatic rings. The van der Waals surface area contributed by atoms with Crippen LogP contribution in [0.25, 0.3) is 0 Å². The highest BCUT2D eigenvalue weighted by Crippen LogP contribution is 2.28. The van der Waals surface area contributed by atoms with E-state index in [1.807, 2.05) is 5.43 Å². The van der Waals surface area contributed by atoms with Crippen LogP contribution in [0.5, 0.6) is 5.75 Å². The van der Waals surface area contributed by atoms with E-state index in [1.54, 1.807) is 31.2 Å². The van der Waals surface area contributed by atoms with E-state index in [0.717, 1.165) is 0 Å². The van der Waals surface area contributed by atoms with Gasteiger partial charge in [0.05, 0.1) is 5.02 Å². The maximum atomic E-state index is 11.4. The molecule has 0 spiro atoms. The Bertz CT molecular complexity index is 641. The number of nitrogen functional groups attached to an aromatic ring is 1. The molecule has 106 valence electrons. The van der Waals surface area contributed by atoms with Crippen LogP contribution < -0.4 is 16.0 Å². The topological polar surface area (TPSA) is 77.5 Å². The predicted molar refractivity (Wildman–Crippen MR) is 75.9 cm³/mol. The number of halogens is 2. The first-order valence-corrected chi connectivity index (χ1v) is 6.45. The summed E-state index contributed by atoms with van der Waals surface area (Å²) in [5, 5.41) is 0.929. The molecule has 2 rings (SSSR count). The molecule has 1 aromatic heterocycles. The van der Waals surface area contributed by atoms with Gasteiger partial charge >= 0.3 is 5.91 Å². The molecule has 1 aromatic carbocycles. The van der Waals surface area contributed by atoms with Crippen LogP contribution in [0.4, 0.5) is 0 Å². The van der Waals surface area contributed by atoms with Crippen LogP contribution in [0, 0.1) is 6.92 Å². The van der Waals surface area contributed by atoms with Gasteiger partial charge in [-0.15, -0.1) is 0 Å². The molecule has 0 atom stereocenters. The number of carbonyl (C=O) groups excluding carboxylic acids is 1. The molecule has 2 aromatic rings. The monoisotopic (exact) mass is 314 g/mol. The molecule has 7 heteroatoms. The number of rotatable bonds is 4. The molecular weight excluding hydrogens is 303 g/mol. The summed E-state index contributed by atoms with van der Waals surface area (Å²) in [6.45, 7) is 1.88. The zero-order valence-electron chi connectivity index (χ0n) is 10.6. The first kappa shape index (κ1) is 14.7. The molecule has 20 heavy (non-hydrogen) atoms. The minimum Gasteiger partial charge on any atom is -0.484 e. The number of hydrazine groups is 1. The van der Waals surface area contributed by atoms with Gasteiger partial charge in [-0.05, 0) is 31.2 Å². The highest BCUT2D eigenvalue weighted by molar-refractivity contribution is 6.35. The van der Waals surface area contributed by atoms with Crippen molar-refractivity contribution in [3.63, 3.8) is 0 Å². The summed E-state index contributed by atoms with van der Waals surface area (Å²) in [4.78, 5) is 11.4. The Hall–Kier alpha value is -1.69. The highest BCUT2D eigenvalue weighted by atomic mass is 35.5. The number of furan rings is 1. The van der Waals surface area contributed by atoms with Gasteiger partial charge in [-0.3, -0.25) is 10.2 Å². The number of benzene rings is 1. The van der Waals surface area contributed by atoms with E-state index in [0.29, 0.717) is 27.1 Å². The quantitative estimate of drug-likeness (QED) is 0.516. The van der Waals surface area contributed by atoms with Crippen molar-refractivity contribution in [3.05, 3.63) is 51.4 Å². The molecule has 0 unspecified atom stereocenters. The van der Waals surface area contributed by atoms with Crippen molar-refractivity contribution in [2.45, 2.75) is 13.5 Å². The maximum absolute atomic E-state index is 11.4. The van der Waals surface area contributed by atoms with Crippen molar-refractivity contribution in [1.82, 2.24) is 5.43 Å². The van der Waals surface area contributed by atoms with Crippen molar-refractivity contribution in [3.8, 4) is 5.75 Å². The van der Waals surface area contributed by atoms with Gasteiger partial charge in [0.1, 0.15) is 18.1 Å². The van der Waals surface area contributed by atoms with Gasteiger partial charge in [0.2, 0.25) is 0 Å². The first-order valence-electron chi connectivity index (χ1n) is 5.69. The molecule has 0 radical (unpaired) electrons.